The van der Waals surface area contributed by atoms with E-state index in [1.165, 1.54) is 5.69 Å². The minimum Gasteiger partial charge on any atom is -0.379 e. The molecule has 2 saturated heterocycles. The maximum atomic E-state index is 5.44. The smallest absolute Gasteiger partial charge is 0.194 e. The molecule has 0 bridgehead atoms. The van der Waals surface area contributed by atoms with Gasteiger partial charge in [0.05, 0.1) is 13.2 Å². The van der Waals surface area contributed by atoms with Gasteiger partial charge in [-0.2, -0.15) is 0 Å². The third-order valence-corrected chi connectivity index (χ3v) is 5.26. The number of guanidine groups is 1. The van der Waals surface area contributed by atoms with Crippen molar-refractivity contribution in [1.82, 2.24) is 15.1 Å². The molecule has 0 spiro atoms. The van der Waals surface area contributed by atoms with Crippen LogP contribution in [0.4, 0.5) is 5.69 Å². The van der Waals surface area contributed by atoms with Crippen molar-refractivity contribution < 1.29 is 4.74 Å². The van der Waals surface area contributed by atoms with Gasteiger partial charge in [0, 0.05) is 64.6 Å². The van der Waals surface area contributed by atoms with E-state index in [0.717, 1.165) is 78.1 Å². The van der Waals surface area contributed by atoms with E-state index in [0.29, 0.717) is 5.92 Å². The van der Waals surface area contributed by atoms with Crippen LogP contribution in [0.3, 0.4) is 0 Å². The van der Waals surface area contributed by atoms with Crippen LogP contribution in [0.2, 0.25) is 0 Å². The first kappa shape index (κ1) is 23.2. The summed E-state index contributed by atoms with van der Waals surface area (Å²) in [6.07, 6.45) is 0. The number of rotatable bonds is 6. The van der Waals surface area contributed by atoms with Gasteiger partial charge in [-0.05, 0) is 25.0 Å². The van der Waals surface area contributed by atoms with Gasteiger partial charge in [-0.1, -0.05) is 25.1 Å². The minimum absolute atomic E-state index is 0. The molecule has 0 amide bonds. The number of piperazine rings is 1. The lowest BCUT2D eigenvalue weighted by molar-refractivity contribution is 0.0323. The summed E-state index contributed by atoms with van der Waals surface area (Å²) in [6.45, 7) is 15.3. The lowest BCUT2D eigenvalue weighted by Crippen LogP contribution is -2.52. The molecule has 0 aromatic heterocycles. The van der Waals surface area contributed by atoms with Crippen LogP contribution < -0.4 is 10.2 Å². The molecule has 3 rings (SSSR count). The molecule has 2 heterocycles. The zero-order chi connectivity index (χ0) is 18.9. The van der Waals surface area contributed by atoms with E-state index in [1.54, 1.807) is 0 Å². The minimum atomic E-state index is 0. The number of hydrogen-bond acceptors (Lipinski definition) is 4. The molecule has 1 N–H and O–H groups in total. The first-order chi connectivity index (χ1) is 13.3. The average molecular weight is 501 g/mol. The molecule has 6 nitrogen and oxygen atoms in total. The molecule has 1 aromatic rings. The van der Waals surface area contributed by atoms with Gasteiger partial charge >= 0.3 is 0 Å². The molecular weight excluding hydrogens is 465 g/mol. The SMILES string of the molecule is CCNC(=NCC(C)CN1CCOCC1)N1CCN(c2ccccc2)CC1.I. The molecule has 158 valence electrons. The summed E-state index contributed by atoms with van der Waals surface area (Å²) in [6, 6.07) is 10.7. The van der Waals surface area contributed by atoms with Gasteiger partial charge in [0.2, 0.25) is 0 Å². The van der Waals surface area contributed by atoms with Gasteiger partial charge in [0.25, 0.3) is 0 Å². The highest BCUT2D eigenvalue weighted by Crippen LogP contribution is 2.15. The van der Waals surface area contributed by atoms with Crippen molar-refractivity contribution in [2.24, 2.45) is 10.9 Å². The van der Waals surface area contributed by atoms with E-state index in [1.807, 2.05) is 0 Å². The zero-order valence-electron chi connectivity index (χ0n) is 17.3. The number of anilines is 1. The van der Waals surface area contributed by atoms with Crippen LogP contribution in [0.15, 0.2) is 35.3 Å². The summed E-state index contributed by atoms with van der Waals surface area (Å²) in [5.74, 6) is 1.63. The van der Waals surface area contributed by atoms with Crippen LogP contribution in [0, 0.1) is 5.92 Å². The molecule has 28 heavy (non-hydrogen) atoms. The summed E-state index contributed by atoms with van der Waals surface area (Å²) < 4.78 is 5.44. The number of para-hydroxylation sites is 1. The second-order valence-corrected chi connectivity index (χ2v) is 7.52. The predicted molar refractivity (Wildman–Crippen MR) is 128 cm³/mol. The summed E-state index contributed by atoms with van der Waals surface area (Å²) in [5.41, 5.74) is 1.32. The van der Waals surface area contributed by atoms with Gasteiger partial charge in [0.1, 0.15) is 0 Å². The van der Waals surface area contributed by atoms with E-state index < -0.39 is 0 Å². The fourth-order valence-electron chi connectivity index (χ4n) is 3.77. The highest BCUT2D eigenvalue weighted by molar-refractivity contribution is 14.0. The fraction of sp³-hybridized carbons (Fsp3) is 0.667. The maximum Gasteiger partial charge on any atom is 0.194 e. The number of ether oxygens (including phenoxy) is 1. The molecular formula is C21H36IN5O. The Kier molecular flexibility index (Phi) is 10.4. The summed E-state index contributed by atoms with van der Waals surface area (Å²) in [4.78, 5) is 12.3. The van der Waals surface area contributed by atoms with Crippen molar-refractivity contribution in [1.29, 1.82) is 0 Å². The fourth-order valence-corrected chi connectivity index (χ4v) is 3.77. The van der Waals surface area contributed by atoms with Crippen molar-refractivity contribution in [3.05, 3.63) is 30.3 Å². The second kappa shape index (κ2) is 12.5. The Morgan fingerprint density at radius 3 is 2.39 bits per heavy atom. The Labute approximate surface area is 187 Å². The van der Waals surface area contributed by atoms with Gasteiger partial charge in [-0.15, -0.1) is 24.0 Å². The summed E-state index contributed by atoms with van der Waals surface area (Å²) in [7, 11) is 0. The Hall–Kier alpha value is -1.06. The predicted octanol–water partition coefficient (Wildman–Crippen LogP) is 2.36. The van der Waals surface area contributed by atoms with Gasteiger partial charge in [-0.3, -0.25) is 9.89 Å². The number of nitrogens with zero attached hydrogens (tertiary/aromatic N) is 4. The molecule has 2 aliphatic rings. The number of aliphatic imine (C=N–C) groups is 1. The number of benzene rings is 1. The van der Waals surface area contributed by atoms with Crippen LogP contribution in [0.5, 0.6) is 0 Å². The summed E-state index contributed by atoms with van der Waals surface area (Å²) in [5, 5.41) is 3.49. The third-order valence-electron chi connectivity index (χ3n) is 5.26. The Morgan fingerprint density at radius 2 is 1.75 bits per heavy atom. The quantitative estimate of drug-likeness (QED) is 0.369. The van der Waals surface area contributed by atoms with Crippen LogP contribution in [-0.2, 0) is 4.74 Å². The number of hydrogen-bond donors (Lipinski definition) is 1. The van der Waals surface area contributed by atoms with E-state index in [9.17, 15) is 0 Å². The van der Waals surface area contributed by atoms with E-state index >= 15 is 0 Å². The number of halogens is 1. The summed E-state index contributed by atoms with van der Waals surface area (Å²) >= 11 is 0. The van der Waals surface area contributed by atoms with Crippen molar-refractivity contribution in [2.45, 2.75) is 13.8 Å². The number of nitrogens with one attached hydrogen (secondary N) is 1. The average Bonchev–Trinajstić information content (AvgIpc) is 2.73. The normalized spacial score (nSPS) is 19.9. The van der Waals surface area contributed by atoms with E-state index in [4.69, 9.17) is 9.73 Å². The second-order valence-electron chi connectivity index (χ2n) is 7.52. The van der Waals surface area contributed by atoms with Crippen LogP contribution >= 0.6 is 24.0 Å². The maximum absolute atomic E-state index is 5.44. The third kappa shape index (κ3) is 7.08. The first-order valence-corrected chi connectivity index (χ1v) is 10.4. The monoisotopic (exact) mass is 501 g/mol. The van der Waals surface area contributed by atoms with Crippen molar-refractivity contribution in [3.8, 4) is 0 Å². The van der Waals surface area contributed by atoms with Crippen molar-refractivity contribution in [3.63, 3.8) is 0 Å². The lowest BCUT2D eigenvalue weighted by Gasteiger charge is -2.38. The molecule has 7 heteroatoms. The zero-order valence-corrected chi connectivity index (χ0v) is 19.7. The van der Waals surface area contributed by atoms with Gasteiger partial charge in [-0.25, -0.2) is 0 Å². The molecule has 1 atom stereocenters. The highest BCUT2D eigenvalue weighted by Gasteiger charge is 2.20. The van der Waals surface area contributed by atoms with E-state index in [2.05, 4.69) is 64.2 Å². The molecule has 1 unspecified atom stereocenters. The van der Waals surface area contributed by atoms with Crippen molar-refractivity contribution in [2.75, 3.05) is 77.0 Å². The Bertz CT molecular complexity index is 571. The standard InChI is InChI=1S/C21H35N5O.HI/c1-3-22-21(23-17-19(2)18-24-13-15-27-16-14-24)26-11-9-25(10-12-26)20-7-5-4-6-8-20;/h4-8,19H,3,9-18H2,1-2H3,(H,22,23);1H. The topological polar surface area (TPSA) is 43.3 Å². The van der Waals surface area contributed by atoms with Crippen LogP contribution in [0.1, 0.15) is 13.8 Å². The van der Waals surface area contributed by atoms with Gasteiger partial charge in [0.15, 0.2) is 5.96 Å². The molecule has 0 radical (unpaired) electrons. The van der Waals surface area contributed by atoms with Gasteiger partial charge < -0.3 is 19.9 Å². The number of morpholine rings is 1. The molecule has 0 saturated carbocycles. The largest absolute Gasteiger partial charge is 0.379 e. The Morgan fingerprint density at radius 1 is 1.07 bits per heavy atom. The molecule has 1 aromatic carbocycles. The van der Waals surface area contributed by atoms with Crippen LogP contribution in [-0.4, -0.2) is 87.9 Å². The van der Waals surface area contributed by atoms with E-state index in [-0.39, 0.29) is 24.0 Å². The van der Waals surface area contributed by atoms with Crippen LogP contribution in [0.25, 0.3) is 0 Å². The highest BCUT2D eigenvalue weighted by atomic mass is 127. The molecule has 0 aliphatic carbocycles. The first-order valence-electron chi connectivity index (χ1n) is 10.4. The molecule has 2 fully saturated rings. The lowest BCUT2D eigenvalue weighted by atomic mass is 10.1. The van der Waals surface area contributed by atoms with Crippen molar-refractivity contribution >= 4 is 35.6 Å². The molecule has 2 aliphatic heterocycles. The Balaban J connectivity index is 0.00000280.